The first-order chi connectivity index (χ1) is 11.4. The fraction of sp³-hybridized carbons (Fsp3) is 0.200. The van der Waals surface area contributed by atoms with Crippen molar-refractivity contribution >= 4 is 39.4 Å². The van der Waals surface area contributed by atoms with Crippen LogP contribution in [-0.2, 0) is 13.6 Å². The zero-order valence-electron chi connectivity index (χ0n) is 13.0. The van der Waals surface area contributed by atoms with Crippen molar-refractivity contribution in [1.29, 1.82) is 0 Å². The predicted octanol–water partition coefficient (Wildman–Crippen LogP) is 3.04. The third kappa shape index (κ3) is 3.49. The first kappa shape index (κ1) is 16.7. The number of hydrogen-bond acceptors (Lipinski definition) is 4. The second kappa shape index (κ2) is 6.74. The number of nitrogens with one attached hydrogen (secondary N) is 1. The lowest BCUT2D eigenvalue weighted by Crippen LogP contribution is -2.15. The van der Waals surface area contributed by atoms with Gasteiger partial charge < -0.3 is 0 Å². The van der Waals surface area contributed by atoms with Crippen LogP contribution >= 0.6 is 27.5 Å². The Bertz CT molecular complexity index is 903. The van der Waals surface area contributed by atoms with Crippen molar-refractivity contribution in [1.82, 2.24) is 24.5 Å². The Hall–Kier alpha value is -2.19. The smallest absolute Gasteiger partial charge is 0.279 e. The summed E-state index contributed by atoms with van der Waals surface area (Å²) >= 11 is 9.34. The zero-order chi connectivity index (χ0) is 17.3. The van der Waals surface area contributed by atoms with Crippen LogP contribution in [0.15, 0.2) is 35.1 Å². The van der Waals surface area contributed by atoms with Gasteiger partial charge in [0.2, 0.25) is 5.95 Å². The SMILES string of the molecule is Cc1c(Br)c(C(=O)Nc2ncn(Cc3cccc(Cl)c3)n2)nn1C. The minimum Gasteiger partial charge on any atom is -0.288 e. The molecule has 7 nitrogen and oxygen atoms in total. The fourth-order valence-electron chi connectivity index (χ4n) is 2.14. The molecule has 3 rings (SSSR count). The van der Waals surface area contributed by atoms with Crippen molar-refractivity contribution in [3.63, 3.8) is 0 Å². The van der Waals surface area contributed by atoms with Crippen molar-refractivity contribution in [3.05, 3.63) is 57.0 Å². The van der Waals surface area contributed by atoms with Crippen molar-refractivity contribution in [3.8, 4) is 0 Å². The van der Waals surface area contributed by atoms with E-state index in [1.807, 2.05) is 31.2 Å². The van der Waals surface area contributed by atoms with E-state index in [1.165, 1.54) is 0 Å². The van der Waals surface area contributed by atoms with Gasteiger partial charge >= 0.3 is 0 Å². The monoisotopic (exact) mass is 408 g/mol. The van der Waals surface area contributed by atoms with Gasteiger partial charge in [-0.15, -0.1) is 5.10 Å². The number of amides is 1. The molecule has 0 bridgehead atoms. The highest BCUT2D eigenvalue weighted by Crippen LogP contribution is 2.20. The van der Waals surface area contributed by atoms with Gasteiger partial charge in [0.25, 0.3) is 5.91 Å². The quantitative estimate of drug-likeness (QED) is 0.718. The molecule has 0 unspecified atom stereocenters. The third-order valence-corrected chi connectivity index (χ3v) is 4.66. The van der Waals surface area contributed by atoms with E-state index in [0.29, 0.717) is 21.7 Å². The minimum atomic E-state index is -0.369. The van der Waals surface area contributed by atoms with Gasteiger partial charge in [0, 0.05) is 12.1 Å². The zero-order valence-corrected chi connectivity index (χ0v) is 15.3. The lowest BCUT2D eigenvalue weighted by molar-refractivity contribution is 0.102. The minimum absolute atomic E-state index is 0.220. The Labute approximate surface area is 151 Å². The van der Waals surface area contributed by atoms with Crippen LogP contribution in [0.1, 0.15) is 21.7 Å². The Morgan fingerprint density at radius 3 is 2.83 bits per heavy atom. The average Bonchev–Trinajstić information content (AvgIpc) is 3.07. The van der Waals surface area contributed by atoms with E-state index in [9.17, 15) is 4.79 Å². The molecule has 1 aromatic carbocycles. The summed E-state index contributed by atoms with van der Waals surface area (Å²) in [6, 6.07) is 7.48. The van der Waals surface area contributed by atoms with E-state index >= 15 is 0 Å². The normalized spacial score (nSPS) is 10.8. The molecule has 0 radical (unpaired) electrons. The van der Waals surface area contributed by atoms with Crippen LogP contribution in [-0.4, -0.2) is 30.5 Å². The Kier molecular flexibility index (Phi) is 4.68. The first-order valence-electron chi connectivity index (χ1n) is 7.08. The largest absolute Gasteiger partial charge is 0.288 e. The van der Waals surface area contributed by atoms with Crippen LogP contribution in [0, 0.1) is 6.92 Å². The average molecular weight is 410 g/mol. The number of aryl methyl sites for hydroxylation is 1. The molecule has 0 aliphatic rings. The number of carbonyl (C=O) groups is 1. The molecule has 0 saturated carbocycles. The van der Waals surface area contributed by atoms with Gasteiger partial charge in [-0.25, -0.2) is 9.67 Å². The molecule has 0 aliphatic heterocycles. The molecule has 0 aliphatic carbocycles. The number of rotatable bonds is 4. The maximum absolute atomic E-state index is 12.3. The number of hydrogen-bond donors (Lipinski definition) is 1. The summed E-state index contributed by atoms with van der Waals surface area (Å²) in [5, 5.41) is 11.7. The van der Waals surface area contributed by atoms with Gasteiger partial charge in [0.1, 0.15) is 6.33 Å². The number of halogens is 2. The number of benzene rings is 1. The van der Waals surface area contributed by atoms with Gasteiger partial charge in [0.15, 0.2) is 5.69 Å². The lowest BCUT2D eigenvalue weighted by atomic mass is 10.2. The molecule has 0 saturated heterocycles. The highest BCUT2D eigenvalue weighted by atomic mass is 79.9. The molecule has 0 atom stereocenters. The van der Waals surface area contributed by atoms with E-state index in [-0.39, 0.29) is 11.9 Å². The summed E-state index contributed by atoms with van der Waals surface area (Å²) in [5.41, 5.74) is 2.15. The molecule has 124 valence electrons. The molecule has 2 aromatic heterocycles. The summed E-state index contributed by atoms with van der Waals surface area (Å²) in [7, 11) is 1.77. The Morgan fingerprint density at radius 1 is 1.38 bits per heavy atom. The molecule has 0 fully saturated rings. The number of anilines is 1. The fourth-order valence-corrected chi connectivity index (χ4v) is 2.87. The van der Waals surface area contributed by atoms with Gasteiger partial charge in [-0.05, 0) is 40.5 Å². The summed E-state index contributed by atoms with van der Waals surface area (Å²) < 4.78 is 3.91. The highest BCUT2D eigenvalue weighted by molar-refractivity contribution is 9.10. The number of nitrogens with zero attached hydrogens (tertiary/aromatic N) is 5. The van der Waals surface area contributed by atoms with E-state index in [4.69, 9.17) is 11.6 Å². The summed E-state index contributed by atoms with van der Waals surface area (Å²) in [6.45, 7) is 2.38. The lowest BCUT2D eigenvalue weighted by Gasteiger charge is -2.01. The van der Waals surface area contributed by atoms with Gasteiger partial charge in [-0.1, -0.05) is 23.7 Å². The van der Waals surface area contributed by atoms with Crippen LogP contribution in [0.4, 0.5) is 5.95 Å². The number of carbonyl (C=O) groups excluding carboxylic acids is 1. The summed E-state index contributed by atoms with van der Waals surface area (Å²) in [6.07, 6.45) is 1.55. The molecular weight excluding hydrogens is 396 g/mol. The van der Waals surface area contributed by atoms with Crippen molar-refractivity contribution in [2.45, 2.75) is 13.5 Å². The van der Waals surface area contributed by atoms with Crippen LogP contribution in [0.3, 0.4) is 0 Å². The van der Waals surface area contributed by atoms with Gasteiger partial charge in [-0.2, -0.15) is 5.10 Å². The topological polar surface area (TPSA) is 77.6 Å². The van der Waals surface area contributed by atoms with E-state index in [1.54, 1.807) is 22.7 Å². The van der Waals surface area contributed by atoms with Crippen molar-refractivity contribution in [2.24, 2.45) is 7.05 Å². The second-order valence-corrected chi connectivity index (χ2v) is 6.45. The first-order valence-corrected chi connectivity index (χ1v) is 8.25. The van der Waals surface area contributed by atoms with Crippen LogP contribution in [0.5, 0.6) is 0 Å². The van der Waals surface area contributed by atoms with Crippen LogP contribution < -0.4 is 5.32 Å². The molecule has 1 N–H and O–H groups in total. The maximum Gasteiger partial charge on any atom is 0.279 e. The van der Waals surface area contributed by atoms with E-state index in [2.05, 4.69) is 36.4 Å². The molecule has 3 aromatic rings. The second-order valence-electron chi connectivity index (χ2n) is 5.22. The third-order valence-electron chi connectivity index (χ3n) is 3.47. The van der Waals surface area contributed by atoms with E-state index < -0.39 is 0 Å². The summed E-state index contributed by atoms with van der Waals surface area (Å²) in [4.78, 5) is 16.4. The van der Waals surface area contributed by atoms with Crippen LogP contribution in [0.2, 0.25) is 5.02 Å². The van der Waals surface area contributed by atoms with Gasteiger partial charge in [-0.3, -0.25) is 14.8 Å². The van der Waals surface area contributed by atoms with Gasteiger partial charge in [0.05, 0.1) is 16.7 Å². The molecule has 2 heterocycles. The van der Waals surface area contributed by atoms with Crippen molar-refractivity contribution in [2.75, 3.05) is 5.32 Å². The highest BCUT2D eigenvalue weighted by Gasteiger charge is 2.19. The molecule has 1 amide bonds. The molecule has 9 heteroatoms. The standard InChI is InChI=1S/C15H14BrClN6O/c1-9-12(16)13(20-22(9)2)14(24)19-15-18-8-23(21-15)7-10-4-3-5-11(17)6-10/h3-6,8H,7H2,1-2H3,(H,19,21,24). The molecular formula is C15H14BrClN6O. The van der Waals surface area contributed by atoms with Crippen molar-refractivity contribution < 1.29 is 4.79 Å². The Balaban J connectivity index is 1.71. The number of aromatic nitrogens is 5. The molecule has 24 heavy (non-hydrogen) atoms. The van der Waals surface area contributed by atoms with Crippen LogP contribution in [0.25, 0.3) is 0 Å². The predicted molar refractivity (Wildman–Crippen MR) is 94.2 cm³/mol. The molecule has 0 spiro atoms. The summed E-state index contributed by atoms with van der Waals surface area (Å²) in [5.74, 6) is -0.150. The van der Waals surface area contributed by atoms with E-state index in [0.717, 1.165) is 11.3 Å². The maximum atomic E-state index is 12.3. The Morgan fingerprint density at radius 2 is 2.17 bits per heavy atom.